The van der Waals surface area contributed by atoms with E-state index in [0.29, 0.717) is 22.9 Å². The number of hydrogen-bond donors (Lipinski definition) is 1. The summed E-state index contributed by atoms with van der Waals surface area (Å²) in [7, 11) is -2.09. The van der Waals surface area contributed by atoms with Crippen molar-refractivity contribution in [1.29, 1.82) is 0 Å². The third kappa shape index (κ3) is 3.89. The van der Waals surface area contributed by atoms with E-state index in [4.69, 9.17) is 4.42 Å². The molecule has 2 aromatic heterocycles. The standard InChI is InChI=1S/C21H24FN3O4S/c1-6-13-11-16-17(20(26)23-4)18(14-7-9-15(22)10-8-14)29-21(16)24-19(13)25(12(2)3)30(5,27)28/h7-12H,6H2,1-5H3,(H,23,26). The first kappa shape index (κ1) is 21.8. The lowest BCUT2D eigenvalue weighted by molar-refractivity contribution is 0.0964. The molecular weight excluding hydrogens is 409 g/mol. The summed E-state index contributed by atoms with van der Waals surface area (Å²) in [6.45, 7) is 5.40. The number of furan rings is 1. The van der Waals surface area contributed by atoms with Crippen molar-refractivity contribution in [2.75, 3.05) is 17.6 Å². The van der Waals surface area contributed by atoms with Gasteiger partial charge >= 0.3 is 0 Å². The van der Waals surface area contributed by atoms with Gasteiger partial charge in [0.05, 0.1) is 17.2 Å². The maximum atomic E-state index is 13.4. The number of benzene rings is 1. The van der Waals surface area contributed by atoms with Crippen LogP contribution in [0, 0.1) is 5.82 Å². The van der Waals surface area contributed by atoms with Crippen LogP contribution >= 0.6 is 0 Å². The number of anilines is 1. The van der Waals surface area contributed by atoms with Crippen molar-refractivity contribution >= 4 is 32.8 Å². The smallest absolute Gasteiger partial charge is 0.255 e. The van der Waals surface area contributed by atoms with Crippen LogP contribution in [0.15, 0.2) is 34.7 Å². The molecule has 0 aliphatic heterocycles. The second-order valence-electron chi connectivity index (χ2n) is 7.22. The number of rotatable bonds is 6. The van der Waals surface area contributed by atoms with Gasteiger partial charge in [-0.3, -0.25) is 9.10 Å². The Kier molecular flexibility index (Phi) is 5.85. The Balaban J connectivity index is 2.36. The van der Waals surface area contributed by atoms with Crippen molar-refractivity contribution in [3.8, 4) is 11.3 Å². The molecule has 0 fully saturated rings. The third-order valence-corrected chi connectivity index (χ3v) is 6.02. The number of nitrogens with zero attached hydrogens (tertiary/aromatic N) is 2. The summed E-state index contributed by atoms with van der Waals surface area (Å²) in [6, 6.07) is 6.95. The predicted octanol–water partition coefficient (Wildman–Crippen LogP) is 3.73. The summed E-state index contributed by atoms with van der Waals surface area (Å²) in [4.78, 5) is 17.2. The van der Waals surface area contributed by atoms with E-state index in [1.807, 2.05) is 6.92 Å². The number of nitrogens with one attached hydrogen (secondary N) is 1. The van der Waals surface area contributed by atoms with E-state index in [-0.39, 0.29) is 34.8 Å². The van der Waals surface area contributed by atoms with Crippen LogP contribution in [0.2, 0.25) is 0 Å². The highest BCUT2D eigenvalue weighted by molar-refractivity contribution is 7.92. The Morgan fingerprint density at radius 1 is 1.27 bits per heavy atom. The quantitative estimate of drug-likeness (QED) is 0.639. The van der Waals surface area contributed by atoms with Crippen LogP contribution in [-0.2, 0) is 16.4 Å². The summed E-state index contributed by atoms with van der Waals surface area (Å²) >= 11 is 0. The molecule has 7 nitrogen and oxygen atoms in total. The minimum absolute atomic E-state index is 0.134. The molecule has 0 aliphatic rings. The van der Waals surface area contributed by atoms with Crippen molar-refractivity contribution in [2.24, 2.45) is 0 Å². The maximum Gasteiger partial charge on any atom is 0.255 e. The molecule has 1 aromatic carbocycles. The van der Waals surface area contributed by atoms with Gasteiger partial charge in [-0.1, -0.05) is 6.92 Å². The largest absolute Gasteiger partial charge is 0.437 e. The van der Waals surface area contributed by atoms with Crippen LogP contribution in [0.5, 0.6) is 0 Å². The molecule has 3 aromatic rings. The van der Waals surface area contributed by atoms with Crippen molar-refractivity contribution in [2.45, 2.75) is 33.2 Å². The van der Waals surface area contributed by atoms with E-state index in [2.05, 4.69) is 10.3 Å². The maximum absolute atomic E-state index is 13.4. The molecule has 0 radical (unpaired) electrons. The Labute approximate surface area is 175 Å². The van der Waals surface area contributed by atoms with Crippen molar-refractivity contribution in [3.05, 3.63) is 47.3 Å². The molecule has 0 atom stereocenters. The summed E-state index contributed by atoms with van der Waals surface area (Å²) in [6.07, 6.45) is 1.63. The molecule has 30 heavy (non-hydrogen) atoms. The van der Waals surface area contributed by atoms with E-state index in [1.165, 1.54) is 35.6 Å². The van der Waals surface area contributed by atoms with Gasteiger partial charge in [-0.15, -0.1) is 0 Å². The SMILES string of the molecule is CCc1cc2c(C(=O)NC)c(-c3ccc(F)cc3)oc2nc1N(C(C)C)S(C)(=O)=O. The fraction of sp³-hybridized carbons (Fsp3) is 0.333. The van der Waals surface area contributed by atoms with Gasteiger partial charge in [0.1, 0.15) is 17.4 Å². The first-order valence-electron chi connectivity index (χ1n) is 9.52. The second kappa shape index (κ2) is 8.06. The second-order valence-corrected chi connectivity index (χ2v) is 9.08. The summed E-state index contributed by atoms with van der Waals surface area (Å²) in [5, 5.41) is 3.06. The molecular formula is C21H24FN3O4S. The number of hydrogen-bond acceptors (Lipinski definition) is 5. The number of pyridine rings is 1. The Morgan fingerprint density at radius 2 is 1.90 bits per heavy atom. The van der Waals surface area contributed by atoms with E-state index in [9.17, 15) is 17.6 Å². The fourth-order valence-corrected chi connectivity index (χ4v) is 4.68. The highest BCUT2D eigenvalue weighted by atomic mass is 32.2. The third-order valence-electron chi connectivity index (χ3n) is 4.72. The Hall–Kier alpha value is -2.94. The average Bonchev–Trinajstić information content (AvgIpc) is 3.04. The normalized spacial score (nSPS) is 11.8. The fourth-order valence-electron chi connectivity index (χ4n) is 3.45. The lowest BCUT2D eigenvalue weighted by Gasteiger charge is -2.27. The first-order valence-corrected chi connectivity index (χ1v) is 11.4. The van der Waals surface area contributed by atoms with Gasteiger partial charge in [0.15, 0.2) is 0 Å². The summed E-state index contributed by atoms with van der Waals surface area (Å²) in [5.74, 6) is -0.281. The number of carbonyl (C=O) groups is 1. The Morgan fingerprint density at radius 3 is 2.40 bits per heavy atom. The van der Waals surface area contributed by atoms with Crippen LogP contribution in [0.1, 0.15) is 36.7 Å². The molecule has 0 spiro atoms. The van der Waals surface area contributed by atoms with E-state index in [1.54, 1.807) is 19.9 Å². The molecule has 1 N–H and O–H groups in total. The van der Waals surface area contributed by atoms with Crippen LogP contribution in [0.3, 0.4) is 0 Å². The molecule has 0 unspecified atom stereocenters. The number of fused-ring (bicyclic) bond motifs is 1. The van der Waals surface area contributed by atoms with Gasteiger partial charge in [0, 0.05) is 18.7 Å². The molecule has 0 saturated carbocycles. The number of carbonyl (C=O) groups excluding carboxylic acids is 1. The zero-order valence-corrected chi connectivity index (χ0v) is 18.3. The first-order chi connectivity index (χ1) is 14.1. The summed E-state index contributed by atoms with van der Waals surface area (Å²) < 4.78 is 45.4. The molecule has 0 aliphatic carbocycles. The number of aryl methyl sites for hydroxylation is 1. The number of sulfonamides is 1. The van der Waals surface area contributed by atoms with Gasteiger partial charge in [-0.05, 0) is 56.2 Å². The molecule has 0 bridgehead atoms. The van der Waals surface area contributed by atoms with Crippen molar-refractivity contribution in [1.82, 2.24) is 10.3 Å². The lowest BCUT2D eigenvalue weighted by atomic mass is 10.0. The molecule has 9 heteroatoms. The molecule has 0 saturated heterocycles. The van der Waals surface area contributed by atoms with Gasteiger partial charge in [0.2, 0.25) is 15.7 Å². The number of aromatic nitrogens is 1. The van der Waals surface area contributed by atoms with Crippen LogP contribution in [0.4, 0.5) is 10.2 Å². The van der Waals surface area contributed by atoms with Gasteiger partial charge < -0.3 is 9.73 Å². The van der Waals surface area contributed by atoms with E-state index < -0.39 is 15.8 Å². The highest BCUT2D eigenvalue weighted by Gasteiger charge is 2.28. The minimum atomic E-state index is -3.59. The van der Waals surface area contributed by atoms with Gasteiger partial charge in [-0.2, -0.15) is 4.98 Å². The van der Waals surface area contributed by atoms with E-state index >= 15 is 0 Å². The molecule has 2 heterocycles. The zero-order chi connectivity index (χ0) is 22.2. The van der Waals surface area contributed by atoms with E-state index in [0.717, 1.165) is 6.26 Å². The van der Waals surface area contributed by atoms with Gasteiger partial charge in [0.25, 0.3) is 5.91 Å². The van der Waals surface area contributed by atoms with Crippen molar-refractivity contribution < 1.29 is 22.0 Å². The summed E-state index contributed by atoms with van der Waals surface area (Å²) in [5.41, 5.74) is 1.58. The lowest BCUT2D eigenvalue weighted by Crippen LogP contribution is -2.37. The number of halogens is 1. The highest BCUT2D eigenvalue weighted by Crippen LogP contribution is 2.36. The van der Waals surface area contributed by atoms with Crippen LogP contribution < -0.4 is 9.62 Å². The van der Waals surface area contributed by atoms with Crippen molar-refractivity contribution in [3.63, 3.8) is 0 Å². The topological polar surface area (TPSA) is 92.5 Å². The van der Waals surface area contributed by atoms with Crippen LogP contribution in [-0.4, -0.2) is 38.7 Å². The molecule has 3 rings (SSSR count). The van der Waals surface area contributed by atoms with Gasteiger partial charge in [-0.25, -0.2) is 12.8 Å². The predicted molar refractivity (Wildman–Crippen MR) is 115 cm³/mol. The Bertz CT molecular complexity index is 1200. The average molecular weight is 434 g/mol. The monoisotopic (exact) mass is 433 g/mol. The molecule has 1 amide bonds. The van der Waals surface area contributed by atoms with Crippen LogP contribution in [0.25, 0.3) is 22.4 Å². The minimum Gasteiger partial charge on any atom is -0.437 e. The molecule has 160 valence electrons. The number of amides is 1. The zero-order valence-electron chi connectivity index (χ0n) is 17.5.